The molecule has 0 bridgehead atoms. The van der Waals surface area contributed by atoms with Gasteiger partial charge in [0, 0.05) is 0 Å². The third kappa shape index (κ3) is 2.83. The van der Waals surface area contributed by atoms with Gasteiger partial charge >= 0.3 is 0 Å². The molecule has 1 aromatic carbocycles. The summed E-state index contributed by atoms with van der Waals surface area (Å²) in [5.74, 6) is 0. The van der Waals surface area contributed by atoms with Gasteiger partial charge in [-0.15, -0.1) is 0 Å². The molecule has 88 valence electrons. The lowest BCUT2D eigenvalue weighted by Crippen LogP contribution is -2.30. The summed E-state index contributed by atoms with van der Waals surface area (Å²) >= 11 is 5.97. The fraction of sp³-hybridized carbons (Fsp3) is 0.222. The summed E-state index contributed by atoms with van der Waals surface area (Å²) in [5, 5.41) is 0. The first-order valence-corrected chi connectivity index (χ1v) is 7.21. The Morgan fingerprint density at radius 3 is 2.31 bits per heavy atom. The maximum atomic E-state index is 12.1. The maximum absolute atomic E-state index is 12.1. The van der Waals surface area contributed by atoms with E-state index in [4.69, 9.17) is 0 Å². The van der Waals surface area contributed by atoms with Crippen molar-refractivity contribution in [2.24, 2.45) is 0 Å². The number of sulfone groups is 1. The standard InChI is InChI=1S/C9H8Br2O4S/c10-9(11,6-15-7-12)16(13,14)8-4-2-1-3-5-8/h1-5,7H,6H2. The largest absolute Gasteiger partial charge is 0.464 e. The van der Waals surface area contributed by atoms with Crippen LogP contribution in [0.15, 0.2) is 35.2 Å². The van der Waals surface area contributed by atoms with Gasteiger partial charge in [-0.25, -0.2) is 8.42 Å². The van der Waals surface area contributed by atoms with Crippen molar-refractivity contribution < 1.29 is 17.9 Å². The van der Waals surface area contributed by atoms with Gasteiger partial charge in [0.05, 0.1) is 4.90 Å². The Kier molecular flexibility index (Phi) is 4.52. The molecule has 0 spiro atoms. The van der Waals surface area contributed by atoms with Gasteiger partial charge in [-0.3, -0.25) is 4.79 Å². The third-order valence-corrected chi connectivity index (χ3v) is 6.58. The van der Waals surface area contributed by atoms with Crippen molar-refractivity contribution in [2.75, 3.05) is 6.61 Å². The molecule has 0 heterocycles. The van der Waals surface area contributed by atoms with Crippen molar-refractivity contribution in [3.63, 3.8) is 0 Å². The molecule has 0 radical (unpaired) electrons. The summed E-state index contributed by atoms with van der Waals surface area (Å²) in [4.78, 5) is 10.2. The average molecular weight is 372 g/mol. The number of rotatable bonds is 5. The molecule has 0 atom stereocenters. The number of hydrogen-bond donors (Lipinski definition) is 0. The van der Waals surface area contributed by atoms with Crippen LogP contribution in [0, 0.1) is 0 Å². The van der Waals surface area contributed by atoms with Crippen molar-refractivity contribution in [1.29, 1.82) is 0 Å². The molecule has 0 unspecified atom stereocenters. The minimum Gasteiger partial charge on any atom is -0.464 e. The molecule has 0 amide bonds. The Bertz CT molecular complexity index is 456. The molecule has 0 fully saturated rings. The van der Waals surface area contributed by atoms with E-state index in [0.717, 1.165) is 0 Å². The van der Waals surface area contributed by atoms with Gasteiger partial charge in [0.1, 0.15) is 6.61 Å². The molecular formula is C9H8Br2O4S. The molecule has 1 aromatic rings. The van der Waals surface area contributed by atoms with Crippen molar-refractivity contribution in [3.05, 3.63) is 30.3 Å². The van der Waals surface area contributed by atoms with Gasteiger partial charge in [0.25, 0.3) is 6.47 Å². The molecule has 0 aliphatic carbocycles. The zero-order valence-electron chi connectivity index (χ0n) is 7.97. The number of alkyl halides is 2. The van der Waals surface area contributed by atoms with E-state index in [0.29, 0.717) is 0 Å². The fourth-order valence-electron chi connectivity index (χ4n) is 0.981. The van der Waals surface area contributed by atoms with Crippen LogP contribution in [0.3, 0.4) is 0 Å². The van der Waals surface area contributed by atoms with Gasteiger partial charge in [-0.1, -0.05) is 50.1 Å². The van der Waals surface area contributed by atoms with E-state index in [2.05, 4.69) is 36.6 Å². The maximum Gasteiger partial charge on any atom is 0.293 e. The molecule has 7 heteroatoms. The lowest BCUT2D eigenvalue weighted by molar-refractivity contribution is -0.128. The lowest BCUT2D eigenvalue weighted by Gasteiger charge is -2.19. The van der Waals surface area contributed by atoms with Crippen molar-refractivity contribution in [3.8, 4) is 0 Å². The SMILES string of the molecule is O=COCC(Br)(Br)S(=O)(=O)c1ccccc1. The van der Waals surface area contributed by atoms with Crippen LogP contribution >= 0.6 is 31.9 Å². The first-order valence-electron chi connectivity index (χ1n) is 4.14. The molecule has 0 aliphatic heterocycles. The van der Waals surface area contributed by atoms with Crippen LogP contribution in [-0.2, 0) is 19.4 Å². The van der Waals surface area contributed by atoms with Gasteiger partial charge in [0.2, 0.25) is 12.4 Å². The number of halogens is 2. The van der Waals surface area contributed by atoms with E-state index in [9.17, 15) is 13.2 Å². The second kappa shape index (κ2) is 5.29. The number of benzene rings is 1. The van der Waals surface area contributed by atoms with E-state index >= 15 is 0 Å². The lowest BCUT2D eigenvalue weighted by atomic mass is 10.4. The number of hydrogen-bond acceptors (Lipinski definition) is 4. The molecule has 16 heavy (non-hydrogen) atoms. The molecule has 0 N–H and O–H groups in total. The first-order chi connectivity index (χ1) is 7.42. The zero-order valence-corrected chi connectivity index (χ0v) is 12.0. The van der Waals surface area contributed by atoms with Gasteiger partial charge < -0.3 is 4.74 Å². The summed E-state index contributed by atoms with van der Waals surface area (Å²) in [7, 11) is -3.66. The van der Waals surface area contributed by atoms with Crippen LogP contribution < -0.4 is 0 Å². The van der Waals surface area contributed by atoms with E-state index in [1.54, 1.807) is 18.2 Å². The first kappa shape index (κ1) is 13.7. The highest BCUT2D eigenvalue weighted by atomic mass is 79.9. The van der Waals surface area contributed by atoms with Crippen LogP contribution in [0.1, 0.15) is 0 Å². The van der Waals surface area contributed by atoms with Gasteiger partial charge in [-0.2, -0.15) is 0 Å². The Balaban J connectivity index is 3.07. The van der Waals surface area contributed by atoms with Crippen LogP contribution in [0.4, 0.5) is 0 Å². The van der Waals surface area contributed by atoms with Gasteiger partial charge in [-0.05, 0) is 12.1 Å². The summed E-state index contributed by atoms with van der Waals surface area (Å²) in [6.07, 6.45) is 0. The van der Waals surface area contributed by atoms with Gasteiger partial charge in [0.15, 0.2) is 0 Å². The summed E-state index contributed by atoms with van der Waals surface area (Å²) < 4.78 is 27.1. The average Bonchev–Trinajstić information content (AvgIpc) is 2.27. The van der Waals surface area contributed by atoms with E-state index in [-0.39, 0.29) is 18.0 Å². The number of carbonyl (C=O) groups excluding carboxylic acids is 1. The molecule has 0 saturated carbocycles. The Hall–Kier alpha value is -0.400. The monoisotopic (exact) mass is 370 g/mol. The molecule has 4 nitrogen and oxygen atoms in total. The number of ether oxygens (including phenoxy) is 1. The predicted octanol–water partition coefficient (Wildman–Crippen LogP) is 2.08. The van der Waals surface area contributed by atoms with Crippen LogP contribution in [0.5, 0.6) is 0 Å². The van der Waals surface area contributed by atoms with Crippen LogP contribution in [-0.4, -0.2) is 24.1 Å². The van der Waals surface area contributed by atoms with Crippen LogP contribution in [0.25, 0.3) is 0 Å². The van der Waals surface area contributed by atoms with Crippen molar-refractivity contribution >= 4 is 48.2 Å². The fourth-order valence-corrected chi connectivity index (χ4v) is 3.45. The molecular weight excluding hydrogens is 364 g/mol. The Labute approximate surface area is 110 Å². The Morgan fingerprint density at radius 1 is 1.25 bits per heavy atom. The van der Waals surface area contributed by atoms with E-state index < -0.39 is 12.4 Å². The highest BCUT2D eigenvalue weighted by molar-refractivity contribution is 9.28. The number of carbonyl (C=O) groups is 1. The van der Waals surface area contributed by atoms with E-state index in [1.165, 1.54) is 12.1 Å². The molecule has 0 saturated heterocycles. The minimum absolute atomic E-state index is 0.137. The normalized spacial score (nSPS) is 12.1. The molecule has 0 aliphatic rings. The van der Waals surface area contributed by atoms with Crippen molar-refractivity contribution in [1.82, 2.24) is 0 Å². The van der Waals surface area contributed by atoms with Crippen LogP contribution in [0.2, 0.25) is 0 Å². The smallest absolute Gasteiger partial charge is 0.293 e. The summed E-state index contributed by atoms with van der Waals surface area (Å²) in [5.41, 5.74) is 0. The second-order valence-corrected chi connectivity index (χ2v) is 9.86. The quantitative estimate of drug-likeness (QED) is 0.587. The highest BCUT2D eigenvalue weighted by Crippen LogP contribution is 2.37. The highest BCUT2D eigenvalue weighted by Gasteiger charge is 2.40. The zero-order chi connectivity index (χ0) is 12.2. The summed E-state index contributed by atoms with van der Waals surface area (Å²) in [6.45, 7) is -0.133. The topological polar surface area (TPSA) is 60.4 Å². The predicted molar refractivity (Wildman–Crippen MR) is 66.2 cm³/mol. The molecule has 1 rings (SSSR count). The van der Waals surface area contributed by atoms with E-state index in [1.807, 2.05) is 0 Å². The second-order valence-electron chi connectivity index (χ2n) is 2.86. The third-order valence-electron chi connectivity index (χ3n) is 1.77. The minimum atomic E-state index is -3.66. The summed E-state index contributed by atoms with van der Waals surface area (Å²) in [6, 6.07) is 7.87. The molecule has 0 aromatic heterocycles. The Morgan fingerprint density at radius 2 is 1.81 bits per heavy atom. The van der Waals surface area contributed by atoms with Crippen molar-refractivity contribution in [2.45, 2.75) is 7.46 Å².